The van der Waals surface area contributed by atoms with Crippen molar-refractivity contribution in [1.82, 2.24) is 9.80 Å². The van der Waals surface area contributed by atoms with E-state index in [2.05, 4.69) is 58.6 Å². The normalized spacial score (nSPS) is 21.2. The number of anilines is 2. The summed E-state index contributed by atoms with van der Waals surface area (Å²) in [4.78, 5) is 9.70. The number of nitrogens with zero attached hydrogens (tertiary/aromatic N) is 4. The van der Waals surface area contributed by atoms with Crippen LogP contribution in [0.3, 0.4) is 0 Å². The van der Waals surface area contributed by atoms with E-state index in [1.54, 1.807) is 12.1 Å². The van der Waals surface area contributed by atoms with Gasteiger partial charge in [-0.15, -0.1) is 0 Å². The van der Waals surface area contributed by atoms with Crippen LogP contribution in [-0.4, -0.2) is 91.1 Å². The number of hydrogen-bond donors (Lipinski definition) is 2. The number of hydrogen-bond acceptors (Lipinski definition) is 6. The molecule has 3 aromatic carbocycles. The van der Waals surface area contributed by atoms with Crippen molar-refractivity contribution in [2.24, 2.45) is 17.8 Å². The van der Waals surface area contributed by atoms with Crippen molar-refractivity contribution in [3.05, 3.63) is 94.2 Å². The molecule has 4 atom stereocenters. The molecule has 1 saturated carbocycles. The number of halogens is 3. The van der Waals surface area contributed by atoms with Gasteiger partial charge in [0.25, 0.3) is 0 Å². The average molecular weight is 770 g/mol. The van der Waals surface area contributed by atoms with E-state index in [0.29, 0.717) is 18.3 Å². The van der Waals surface area contributed by atoms with Crippen molar-refractivity contribution >= 4 is 34.6 Å². The zero-order chi connectivity index (χ0) is 38.0. The summed E-state index contributed by atoms with van der Waals surface area (Å²) in [6.07, 6.45) is 7.81. The molecule has 3 fully saturated rings. The fraction of sp³-hybridized carbons (Fsp3) is 0.591. The van der Waals surface area contributed by atoms with Crippen molar-refractivity contribution < 1.29 is 14.6 Å². The molecule has 0 amide bonds. The second-order valence-electron chi connectivity index (χ2n) is 15.8. The van der Waals surface area contributed by atoms with Crippen LogP contribution in [0.4, 0.5) is 15.8 Å². The average Bonchev–Trinajstić information content (AvgIpc) is 3.18. The lowest BCUT2D eigenvalue weighted by atomic mass is 9.69. The highest BCUT2D eigenvalue weighted by atomic mass is 35.5. The van der Waals surface area contributed by atoms with Crippen molar-refractivity contribution in [2.45, 2.75) is 83.8 Å². The molecule has 292 valence electrons. The van der Waals surface area contributed by atoms with Crippen LogP contribution in [0.1, 0.15) is 78.2 Å². The molecule has 2 saturated heterocycles. The van der Waals surface area contributed by atoms with Gasteiger partial charge in [-0.3, -0.25) is 9.80 Å². The minimum absolute atomic E-state index is 0.0469. The van der Waals surface area contributed by atoms with Gasteiger partial charge in [0, 0.05) is 92.8 Å². The van der Waals surface area contributed by atoms with Crippen molar-refractivity contribution in [1.29, 1.82) is 0 Å². The summed E-state index contributed by atoms with van der Waals surface area (Å²) < 4.78 is 13.3. The van der Waals surface area contributed by atoms with E-state index >= 15 is 0 Å². The second-order valence-corrected chi connectivity index (χ2v) is 16.7. The zero-order valence-electron chi connectivity index (χ0n) is 32.5. The van der Waals surface area contributed by atoms with Crippen molar-refractivity contribution in [2.75, 3.05) is 75.2 Å². The Morgan fingerprint density at radius 2 is 1.13 bits per heavy atom. The minimum Gasteiger partial charge on any atom is -0.389 e. The van der Waals surface area contributed by atoms with Crippen LogP contribution < -0.4 is 9.80 Å². The molecule has 9 heteroatoms. The van der Waals surface area contributed by atoms with Crippen molar-refractivity contribution in [3.8, 4) is 0 Å². The molecule has 53 heavy (non-hydrogen) atoms. The summed E-state index contributed by atoms with van der Waals surface area (Å²) in [6, 6.07) is 22.4. The van der Waals surface area contributed by atoms with Gasteiger partial charge in [0.05, 0.1) is 11.2 Å². The van der Waals surface area contributed by atoms with Crippen LogP contribution in [-0.2, 0) is 5.60 Å². The maximum atomic E-state index is 13.3. The first-order valence-corrected chi connectivity index (χ1v) is 20.9. The molecule has 3 aromatic rings. The smallest absolute Gasteiger partial charge is 0.123 e. The van der Waals surface area contributed by atoms with Crippen LogP contribution in [0, 0.1) is 23.6 Å². The lowest BCUT2D eigenvalue weighted by molar-refractivity contribution is -0.0868. The third-order valence-corrected chi connectivity index (χ3v) is 13.1. The van der Waals surface area contributed by atoms with E-state index < -0.39 is 11.2 Å². The number of rotatable bonds is 12. The predicted molar refractivity (Wildman–Crippen MR) is 221 cm³/mol. The summed E-state index contributed by atoms with van der Waals surface area (Å²) in [5, 5.41) is 24.3. The van der Waals surface area contributed by atoms with Gasteiger partial charge in [0.2, 0.25) is 0 Å². The predicted octanol–water partition coefficient (Wildman–Crippen LogP) is 9.35. The summed E-state index contributed by atoms with van der Waals surface area (Å²) in [7, 11) is 0. The summed E-state index contributed by atoms with van der Waals surface area (Å²) in [5.74, 6) is 0.588. The molecule has 6 nitrogen and oxygen atoms in total. The first-order valence-electron chi connectivity index (χ1n) is 20.1. The molecule has 4 unspecified atom stereocenters. The fourth-order valence-corrected chi connectivity index (χ4v) is 9.39. The first-order chi connectivity index (χ1) is 25.4. The Morgan fingerprint density at radius 1 is 0.660 bits per heavy atom. The van der Waals surface area contributed by atoms with Gasteiger partial charge in [-0.25, -0.2) is 4.39 Å². The quantitative estimate of drug-likeness (QED) is 0.192. The Balaban J connectivity index is 0.000000204. The van der Waals surface area contributed by atoms with Gasteiger partial charge in [0.15, 0.2) is 0 Å². The summed E-state index contributed by atoms with van der Waals surface area (Å²) in [5.41, 5.74) is 1.72. The van der Waals surface area contributed by atoms with Gasteiger partial charge in [-0.2, -0.15) is 0 Å². The van der Waals surface area contributed by atoms with Crippen LogP contribution in [0.5, 0.6) is 0 Å². The monoisotopic (exact) mass is 768 g/mol. The maximum Gasteiger partial charge on any atom is 0.123 e. The minimum atomic E-state index is -0.947. The Bertz CT molecular complexity index is 1540. The molecule has 2 heterocycles. The van der Waals surface area contributed by atoms with E-state index in [0.717, 1.165) is 93.2 Å². The number of aliphatic hydroxyl groups is 2. The van der Waals surface area contributed by atoms with Gasteiger partial charge in [-0.05, 0) is 91.6 Å². The lowest BCUT2D eigenvalue weighted by Gasteiger charge is -2.45. The molecule has 0 spiro atoms. The Morgan fingerprint density at radius 3 is 1.57 bits per heavy atom. The zero-order valence-corrected chi connectivity index (χ0v) is 34.0. The van der Waals surface area contributed by atoms with Gasteiger partial charge >= 0.3 is 0 Å². The third-order valence-electron chi connectivity index (χ3n) is 12.6. The Kier molecular flexibility index (Phi) is 15.3. The fourth-order valence-electron chi connectivity index (χ4n) is 9.02. The highest BCUT2D eigenvalue weighted by molar-refractivity contribution is 6.31. The topological polar surface area (TPSA) is 53.4 Å². The van der Waals surface area contributed by atoms with Crippen LogP contribution in [0.2, 0.25) is 10.0 Å². The lowest BCUT2D eigenvalue weighted by Crippen LogP contribution is -2.52. The van der Waals surface area contributed by atoms with Gasteiger partial charge < -0.3 is 20.0 Å². The third kappa shape index (κ3) is 10.9. The summed E-state index contributed by atoms with van der Waals surface area (Å²) >= 11 is 12.2. The van der Waals surface area contributed by atoms with Crippen LogP contribution >= 0.6 is 23.2 Å². The van der Waals surface area contributed by atoms with Gasteiger partial charge in [0.1, 0.15) is 5.82 Å². The SMILES string of the molecule is CCC(O)(C(C)CN1CCN(c2cccc(Cl)c2)CC1)C1CCCCC1.CCC(O)(c1ccc(F)cc1)C(C)CN1CCN(c2cccc(Cl)c2)CC1. The molecular weight excluding hydrogens is 706 g/mol. The molecule has 3 aliphatic rings. The van der Waals surface area contributed by atoms with Crippen LogP contribution in [0.25, 0.3) is 0 Å². The van der Waals surface area contributed by atoms with E-state index in [4.69, 9.17) is 23.2 Å². The molecule has 2 N–H and O–H groups in total. The number of piperazine rings is 2. The Hall–Kier alpha value is -2.39. The van der Waals surface area contributed by atoms with Gasteiger partial charge in [-0.1, -0.05) is 94.4 Å². The van der Waals surface area contributed by atoms with E-state index in [9.17, 15) is 14.6 Å². The highest BCUT2D eigenvalue weighted by Crippen LogP contribution is 2.40. The molecule has 2 aliphatic heterocycles. The van der Waals surface area contributed by atoms with E-state index in [1.165, 1.54) is 49.9 Å². The largest absolute Gasteiger partial charge is 0.389 e. The maximum absolute atomic E-state index is 13.3. The first kappa shape index (κ1) is 41.8. The molecule has 0 bridgehead atoms. The summed E-state index contributed by atoms with van der Waals surface area (Å²) in [6.45, 7) is 18.2. The van der Waals surface area contributed by atoms with Crippen LogP contribution in [0.15, 0.2) is 72.8 Å². The Labute approximate surface area is 328 Å². The molecular formula is C44H63Cl2FN4O2. The van der Waals surface area contributed by atoms with E-state index in [1.807, 2.05) is 37.3 Å². The standard InChI is InChI=1S/C22H28ClFN2O.C22H35ClN2O/c1-3-22(27,18-7-9-20(24)10-8-18)17(2)16-25-11-13-26(14-12-25)21-6-4-5-19(23)15-21;1-3-22(26,19-8-5-4-6-9-19)18(2)17-24-12-14-25(15-13-24)21-11-7-10-20(23)16-21/h4-10,15,17,27H,3,11-14,16H2,1-2H3;7,10-11,16,18-19,26H,3-6,8-9,12-15,17H2,1-2H3. The molecule has 0 aromatic heterocycles. The second kappa shape index (κ2) is 19.5. The van der Waals surface area contributed by atoms with Crippen molar-refractivity contribution in [3.63, 3.8) is 0 Å². The van der Waals surface area contributed by atoms with E-state index in [-0.39, 0.29) is 11.7 Å². The highest BCUT2D eigenvalue weighted by Gasteiger charge is 2.41. The molecule has 1 aliphatic carbocycles. The molecule has 0 radical (unpaired) electrons. The molecule has 6 rings (SSSR count). The number of benzene rings is 3.